The van der Waals surface area contributed by atoms with Crippen molar-refractivity contribution in [2.75, 3.05) is 0 Å². The van der Waals surface area contributed by atoms with Gasteiger partial charge in [-0.2, -0.15) is 0 Å². The van der Waals surface area contributed by atoms with Gasteiger partial charge in [0.25, 0.3) is 0 Å². The predicted octanol–water partition coefficient (Wildman–Crippen LogP) is 1.42. The molecule has 0 amide bonds. The Hall–Kier alpha value is -2.44. The molecule has 24 heavy (non-hydrogen) atoms. The molecule has 7 nitrogen and oxygen atoms in total. The van der Waals surface area contributed by atoms with Crippen molar-refractivity contribution in [2.45, 2.75) is 44.8 Å². The van der Waals surface area contributed by atoms with Crippen LogP contribution in [0.5, 0.6) is 0 Å². The summed E-state index contributed by atoms with van der Waals surface area (Å²) in [7, 11) is 0. The third-order valence-corrected chi connectivity index (χ3v) is 4.43. The third kappa shape index (κ3) is 4.78. The molecular formula is C17H20O7. The second-order valence-corrected chi connectivity index (χ2v) is 6.05. The Labute approximate surface area is 139 Å². The number of hydrogen-bond donors (Lipinski definition) is 1. The predicted molar refractivity (Wildman–Crippen MR) is 81.8 cm³/mol. The van der Waals surface area contributed by atoms with Gasteiger partial charge in [-0.1, -0.05) is 0 Å². The minimum Gasteiger partial charge on any atom is -0.478 e. The van der Waals surface area contributed by atoms with Crippen LogP contribution >= 0.6 is 0 Å². The molecule has 2 rings (SSSR count). The topological polar surface area (TPSA) is 107 Å². The summed E-state index contributed by atoms with van der Waals surface area (Å²) in [5.74, 6) is -2.41. The highest BCUT2D eigenvalue weighted by atomic mass is 16.6. The highest BCUT2D eigenvalue weighted by Gasteiger charge is 2.47. The van der Waals surface area contributed by atoms with Gasteiger partial charge in [-0.05, 0) is 38.7 Å². The molecule has 0 aliphatic heterocycles. The van der Waals surface area contributed by atoms with Gasteiger partial charge in [-0.25, -0.2) is 14.4 Å². The van der Waals surface area contributed by atoms with E-state index in [1.807, 2.05) is 0 Å². The van der Waals surface area contributed by atoms with Crippen LogP contribution in [-0.2, 0) is 28.7 Å². The minimum atomic E-state index is -1.21. The second kappa shape index (κ2) is 7.90. The summed E-state index contributed by atoms with van der Waals surface area (Å²) in [6.07, 6.45) is 6.33. The zero-order valence-corrected chi connectivity index (χ0v) is 13.3. The molecule has 2 saturated carbocycles. The van der Waals surface area contributed by atoms with E-state index in [1.165, 1.54) is 13.0 Å². The van der Waals surface area contributed by atoms with Gasteiger partial charge in [-0.15, -0.1) is 0 Å². The van der Waals surface area contributed by atoms with Crippen molar-refractivity contribution in [1.82, 2.24) is 0 Å². The highest BCUT2D eigenvalue weighted by molar-refractivity contribution is 5.94. The van der Waals surface area contributed by atoms with Crippen LogP contribution < -0.4 is 0 Å². The molecule has 0 aromatic carbocycles. The Bertz CT molecular complexity index is 538. The van der Waals surface area contributed by atoms with Crippen LogP contribution in [0.1, 0.15) is 32.6 Å². The Kier molecular flexibility index (Phi) is 5.89. The fourth-order valence-corrected chi connectivity index (χ4v) is 3.49. The summed E-state index contributed by atoms with van der Waals surface area (Å²) >= 11 is 0. The lowest BCUT2D eigenvalue weighted by Crippen LogP contribution is -2.25. The van der Waals surface area contributed by atoms with Crippen molar-refractivity contribution in [3.8, 4) is 0 Å². The van der Waals surface area contributed by atoms with E-state index in [0.29, 0.717) is 12.8 Å². The monoisotopic (exact) mass is 336 g/mol. The first-order valence-corrected chi connectivity index (χ1v) is 7.87. The Morgan fingerprint density at radius 3 is 1.67 bits per heavy atom. The highest BCUT2D eigenvalue weighted by Crippen LogP contribution is 2.46. The number of allylic oxidation sites excluding steroid dienone is 1. The second-order valence-electron chi connectivity index (χ2n) is 6.05. The number of carboxylic acids is 1. The number of fused-ring (bicyclic) bond motifs is 1. The average Bonchev–Trinajstić information content (AvgIpc) is 3.07. The summed E-state index contributed by atoms with van der Waals surface area (Å²) in [6, 6.07) is 0. The number of rotatable bonds is 6. The maximum absolute atomic E-state index is 11.7. The molecule has 0 unspecified atom stereocenters. The third-order valence-electron chi connectivity index (χ3n) is 4.43. The van der Waals surface area contributed by atoms with Crippen molar-refractivity contribution in [1.29, 1.82) is 0 Å². The van der Waals surface area contributed by atoms with Gasteiger partial charge in [0.05, 0.1) is 0 Å². The number of esters is 2. The van der Waals surface area contributed by atoms with E-state index < -0.39 is 17.9 Å². The SMILES string of the molecule is CC(=O)/C=C/C(=O)O[C@H]1CC[C@H]2[C@@H]1CC[C@H]2OC(=O)/C=C/C(=O)O. The van der Waals surface area contributed by atoms with Crippen molar-refractivity contribution in [2.24, 2.45) is 11.8 Å². The largest absolute Gasteiger partial charge is 0.478 e. The van der Waals surface area contributed by atoms with Crippen molar-refractivity contribution < 1.29 is 33.8 Å². The Morgan fingerprint density at radius 2 is 1.25 bits per heavy atom. The van der Waals surface area contributed by atoms with Crippen LogP contribution in [0.25, 0.3) is 0 Å². The van der Waals surface area contributed by atoms with Crippen molar-refractivity contribution in [3.63, 3.8) is 0 Å². The van der Waals surface area contributed by atoms with Crippen molar-refractivity contribution >= 4 is 23.7 Å². The maximum atomic E-state index is 11.7. The summed E-state index contributed by atoms with van der Waals surface area (Å²) in [6.45, 7) is 1.35. The molecule has 0 aromatic rings. The standard InChI is InChI=1S/C17H20O7/c1-10(18)2-8-16(21)23-13-5-3-12-11(13)4-6-14(12)24-17(22)9-7-15(19)20/h2,7-9,11-14H,3-6H2,1H3,(H,19,20)/b8-2+,9-7+/t11-,12-,13-,14+/m0/s1. The van der Waals surface area contributed by atoms with E-state index in [2.05, 4.69) is 0 Å². The van der Waals surface area contributed by atoms with Crippen LogP contribution in [-0.4, -0.2) is 41.0 Å². The Morgan fingerprint density at radius 1 is 0.792 bits per heavy atom. The van der Waals surface area contributed by atoms with E-state index in [1.54, 1.807) is 0 Å². The molecule has 2 fully saturated rings. The molecule has 2 aliphatic rings. The van der Waals surface area contributed by atoms with Gasteiger partial charge < -0.3 is 14.6 Å². The van der Waals surface area contributed by atoms with Gasteiger partial charge >= 0.3 is 17.9 Å². The lowest BCUT2D eigenvalue weighted by molar-refractivity contribution is -0.147. The molecule has 0 saturated heterocycles. The molecule has 0 radical (unpaired) electrons. The van der Waals surface area contributed by atoms with E-state index in [9.17, 15) is 19.2 Å². The van der Waals surface area contributed by atoms with Gasteiger partial charge in [-0.3, -0.25) is 4.79 Å². The maximum Gasteiger partial charge on any atom is 0.331 e. The molecular weight excluding hydrogens is 316 g/mol. The number of ketones is 1. The van der Waals surface area contributed by atoms with Crippen molar-refractivity contribution in [3.05, 3.63) is 24.3 Å². The number of hydrogen-bond acceptors (Lipinski definition) is 6. The van der Waals surface area contributed by atoms with Gasteiger partial charge in [0.1, 0.15) is 12.2 Å². The number of ether oxygens (including phenoxy) is 2. The molecule has 7 heteroatoms. The van der Waals surface area contributed by atoms with Crippen LogP contribution in [0.2, 0.25) is 0 Å². The van der Waals surface area contributed by atoms with E-state index >= 15 is 0 Å². The Balaban J connectivity index is 1.87. The fourth-order valence-electron chi connectivity index (χ4n) is 3.49. The van der Waals surface area contributed by atoms with Crippen LogP contribution in [0.15, 0.2) is 24.3 Å². The van der Waals surface area contributed by atoms with Crippen LogP contribution in [0, 0.1) is 11.8 Å². The normalized spacial score (nSPS) is 28.9. The molecule has 1 N–H and O–H groups in total. The van der Waals surface area contributed by atoms with E-state index in [-0.39, 0.29) is 29.8 Å². The number of carboxylic acid groups (broad SMARTS) is 1. The van der Waals surface area contributed by atoms with Gasteiger partial charge in [0.2, 0.25) is 0 Å². The van der Waals surface area contributed by atoms with E-state index in [4.69, 9.17) is 14.6 Å². The molecule has 0 aromatic heterocycles. The lowest BCUT2D eigenvalue weighted by atomic mass is 9.98. The first kappa shape index (κ1) is 17.9. The first-order chi connectivity index (χ1) is 11.4. The summed E-state index contributed by atoms with van der Waals surface area (Å²) in [4.78, 5) is 44.5. The van der Waals surface area contributed by atoms with E-state index in [0.717, 1.165) is 31.1 Å². The summed E-state index contributed by atoms with van der Waals surface area (Å²) in [5.41, 5.74) is 0. The summed E-state index contributed by atoms with van der Waals surface area (Å²) < 4.78 is 10.7. The molecule has 2 aliphatic carbocycles. The fraction of sp³-hybridized carbons (Fsp3) is 0.529. The molecule has 0 bridgehead atoms. The average molecular weight is 336 g/mol. The van der Waals surface area contributed by atoms with Gasteiger partial charge in [0, 0.05) is 30.1 Å². The zero-order valence-electron chi connectivity index (χ0n) is 13.3. The van der Waals surface area contributed by atoms with Gasteiger partial charge in [0.15, 0.2) is 5.78 Å². The molecule has 0 heterocycles. The quantitative estimate of drug-likeness (QED) is 0.577. The number of aliphatic carboxylic acids is 1. The first-order valence-electron chi connectivity index (χ1n) is 7.87. The lowest BCUT2D eigenvalue weighted by Gasteiger charge is -2.20. The molecule has 130 valence electrons. The summed E-state index contributed by atoms with van der Waals surface area (Å²) in [5, 5.41) is 8.50. The smallest absolute Gasteiger partial charge is 0.331 e. The van der Waals surface area contributed by atoms with Crippen LogP contribution in [0.3, 0.4) is 0 Å². The van der Waals surface area contributed by atoms with Crippen LogP contribution in [0.4, 0.5) is 0 Å². The number of carbonyl (C=O) groups excluding carboxylic acids is 3. The molecule has 0 spiro atoms. The zero-order chi connectivity index (χ0) is 17.7. The number of carbonyl (C=O) groups is 4. The minimum absolute atomic E-state index is 0.113. The molecule has 4 atom stereocenters.